The molecule has 11 aliphatic rings. The van der Waals surface area contributed by atoms with Gasteiger partial charge in [0.1, 0.15) is 121 Å². The molecule has 1 spiro atoms. The standard InChI is InChI=1S/C78H110O33/c1-33-46(83)50(87)54(91)66(98-33)107-59-52(89)47(84)34(2)99-68(59)108-60-53(90)49(86)39(32-80)102-69(60)105-57-56(93)58(64(94)95)106-70(61(57)109-67-55(92)51(88)48(85)38(31-79)101-67)103-43-25-26-74(8)40(73(43,6)7)23-27-75(9)41(74)24-28-77-42-29-72(4,5)62(110-65(96)37-19-15-12-16-20-37)63(104-45(82)22-21-36-17-13-11-14-18-36)78(42,71(97)111-77)44(100-35(3)81)30-76(75,77)10/h11-22,33-34,38-44,46-63,66-71,79-80,83-93,97H,23-32H2,1-10H3,(H,94,95)/b22-21+/t33-,34-,38+,39+,40?,41+,42?,43-,44+,46-,47-,48-,49-,50+,51-,52+,53-,54+,55+,56-,57-,58-,59+,60+,61+,62-,63-,66+,67-,68+,69-,70+,71-,74-,75+,76-,77-,78+/m0/s1. The molecule has 2 aromatic carbocycles. The van der Waals surface area contributed by atoms with Gasteiger partial charge in [-0.25, -0.2) is 14.4 Å². The van der Waals surface area contributed by atoms with E-state index in [0.717, 1.165) is 0 Å². The van der Waals surface area contributed by atoms with Crippen LogP contribution in [0.25, 0.3) is 6.08 Å². The predicted octanol–water partition coefficient (Wildman–Crippen LogP) is -0.419. The Morgan fingerprint density at radius 3 is 1.64 bits per heavy atom. The van der Waals surface area contributed by atoms with E-state index in [9.17, 15) is 95.8 Å². The smallest absolute Gasteiger partial charge is 0.338 e. The second kappa shape index (κ2) is 31.5. The average Bonchev–Trinajstić information content (AvgIpc) is 1.52. The molecule has 6 saturated heterocycles. The first-order valence-corrected chi connectivity index (χ1v) is 38.5. The van der Waals surface area contributed by atoms with E-state index in [1.807, 2.05) is 45.9 Å². The Morgan fingerprint density at radius 1 is 0.495 bits per heavy atom. The van der Waals surface area contributed by atoms with Crippen LogP contribution in [0.2, 0.25) is 0 Å². The van der Waals surface area contributed by atoms with E-state index in [1.54, 1.807) is 48.5 Å². The maximum absolute atomic E-state index is 14.6. The Kier molecular flexibility index (Phi) is 23.8. The lowest BCUT2D eigenvalue weighted by atomic mass is 9.30. The van der Waals surface area contributed by atoms with E-state index in [-0.39, 0.29) is 36.7 Å². The van der Waals surface area contributed by atoms with Crippen LogP contribution in [0.3, 0.4) is 0 Å². The quantitative estimate of drug-likeness (QED) is 0.0368. The van der Waals surface area contributed by atoms with Gasteiger partial charge < -0.3 is 143 Å². The molecule has 38 atom stereocenters. The summed E-state index contributed by atoms with van der Waals surface area (Å²) in [5.74, 6) is -5.09. The molecule has 2 unspecified atom stereocenters. The molecular formula is C78H110O33. The van der Waals surface area contributed by atoms with Gasteiger partial charge in [-0.05, 0) is 117 Å². The molecule has 0 aromatic heterocycles. The van der Waals surface area contributed by atoms with Crippen molar-refractivity contribution in [2.45, 2.75) is 310 Å². The monoisotopic (exact) mass is 1570 g/mol. The topological polar surface area (TPSA) is 501 Å². The summed E-state index contributed by atoms with van der Waals surface area (Å²) in [4.78, 5) is 56.4. The fraction of sp³-hybridized carbons (Fsp3) is 0.769. The fourth-order valence-electron chi connectivity index (χ4n) is 21.9. The summed E-state index contributed by atoms with van der Waals surface area (Å²) in [6.07, 6.45) is -49.5. The molecule has 6 aliphatic heterocycles. The maximum Gasteiger partial charge on any atom is 0.338 e. The highest BCUT2D eigenvalue weighted by Crippen LogP contribution is 2.82. The van der Waals surface area contributed by atoms with Crippen molar-refractivity contribution >= 4 is 30.0 Å². The van der Waals surface area contributed by atoms with Crippen LogP contribution in [-0.2, 0) is 80.7 Å². The number of fused-ring (bicyclic) bond motifs is 4. The molecule has 13 rings (SSSR count). The molecule has 33 nitrogen and oxygen atoms in total. The normalized spacial score (nSPS) is 49.2. The van der Waals surface area contributed by atoms with Gasteiger partial charge in [0.2, 0.25) is 0 Å². The first kappa shape index (κ1) is 84.0. The second-order valence-electron chi connectivity index (χ2n) is 34.6. The third-order valence-corrected chi connectivity index (χ3v) is 27.8. The highest BCUT2D eigenvalue weighted by molar-refractivity contribution is 5.90. The summed E-state index contributed by atoms with van der Waals surface area (Å²) < 4.78 is 89.3. The van der Waals surface area contributed by atoms with Crippen molar-refractivity contribution in [3.05, 3.63) is 77.9 Å². The minimum absolute atomic E-state index is 0.110. The Hall–Kier alpha value is -4.94. The van der Waals surface area contributed by atoms with Crippen molar-refractivity contribution in [2.75, 3.05) is 13.2 Å². The average molecular weight is 1580 g/mol. The minimum atomic E-state index is -2.39. The van der Waals surface area contributed by atoms with Crippen LogP contribution in [0.15, 0.2) is 66.7 Å². The zero-order valence-electron chi connectivity index (χ0n) is 63.6. The summed E-state index contributed by atoms with van der Waals surface area (Å²) in [6, 6.07) is 17.4. The van der Waals surface area contributed by atoms with Crippen molar-refractivity contribution in [3.8, 4) is 0 Å². The SMILES string of the molecule is CC(=O)O[C@@H]1C[C@]2(C)[C@@]3(CC[C@@H]4[C@@]5(C)CC[C@H](O[C@@H]6O[C@H](C(=O)O)[C@@H](O)[C@H](O[C@@H]7O[C@H](CO)[C@H](O)[C@H](O)[C@H]7O[C@H]7O[C@@H](C)[C@H](O)[C@@H](O)[C@H]7O[C@H]7O[C@@H](C)[C@H](O)[C@@H](O)[C@H]7O)[C@H]6O[C@@H]6O[C@H](CO)[C@H](O)[C@H](O)[C@H]6O)C(C)(C)C5CC[C@]42C)O[C@H](O)[C@]12C3CC(C)(C)[C@@H](OC(=O)c1ccccc1)[C@@H]2OC(=O)/C=C/c1ccccc1. The lowest BCUT2D eigenvalue weighted by Crippen LogP contribution is -2.77. The zero-order valence-corrected chi connectivity index (χ0v) is 63.6. The Labute approximate surface area is 641 Å². The van der Waals surface area contributed by atoms with Crippen LogP contribution in [0.4, 0.5) is 0 Å². The molecule has 0 amide bonds. The summed E-state index contributed by atoms with van der Waals surface area (Å²) in [6.45, 7) is 16.4. The number of carboxylic acids is 1. The van der Waals surface area contributed by atoms with Crippen LogP contribution in [-0.4, -0.2) is 304 Å². The third kappa shape index (κ3) is 14.1. The molecule has 620 valence electrons. The van der Waals surface area contributed by atoms with Gasteiger partial charge >= 0.3 is 23.9 Å². The maximum atomic E-state index is 14.6. The largest absolute Gasteiger partial charge is 0.479 e. The number of aliphatic hydroxyl groups is 14. The van der Waals surface area contributed by atoms with Gasteiger partial charge in [0.05, 0.1) is 42.7 Å². The molecular weight excluding hydrogens is 1460 g/mol. The molecule has 11 fully saturated rings. The van der Waals surface area contributed by atoms with Gasteiger partial charge in [-0.3, -0.25) is 4.79 Å². The van der Waals surface area contributed by atoms with Crippen molar-refractivity contribution < 1.29 is 162 Å². The molecule has 111 heavy (non-hydrogen) atoms. The first-order valence-electron chi connectivity index (χ1n) is 38.5. The van der Waals surface area contributed by atoms with E-state index in [4.69, 9.17) is 66.3 Å². The van der Waals surface area contributed by atoms with Gasteiger partial charge in [0, 0.05) is 29.7 Å². The van der Waals surface area contributed by atoms with Crippen molar-refractivity contribution in [2.24, 2.45) is 50.2 Å². The molecule has 2 aromatic rings. The summed E-state index contributed by atoms with van der Waals surface area (Å²) in [5.41, 5.74) is -6.16. The van der Waals surface area contributed by atoms with E-state index < -0.39 is 265 Å². The number of hydrogen-bond donors (Lipinski definition) is 15. The number of esters is 3. The van der Waals surface area contributed by atoms with Gasteiger partial charge in [-0.2, -0.15) is 0 Å². The van der Waals surface area contributed by atoms with Gasteiger partial charge in [-0.15, -0.1) is 0 Å². The number of carboxylic acid groups (broad SMARTS) is 1. The van der Waals surface area contributed by atoms with Crippen molar-refractivity contribution in [1.29, 1.82) is 0 Å². The number of ether oxygens (including phenoxy) is 14. The second-order valence-corrected chi connectivity index (χ2v) is 34.6. The summed E-state index contributed by atoms with van der Waals surface area (Å²) in [5, 5.41) is 170. The predicted molar refractivity (Wildman–Crippen MR) is 375 cm³/mol. The summed E-state index contributed by atoms with van der Waals surface area (Å²) >= 11 is 0. The van der Waals surface area contributed by atoms with Crippen LogP contribution in [0, 0.1) is 50.2 Å². The third-order valence-electron chi connectivity index (χ3n) is 27.8. The lowest BCUT2D eigenvalue weighted by Gasteiger charge is -2.75. The molecule has 6 heterocycles. The first-order chi connectivity index (χ1) is 52.3. The van der Waals surface area contributed by atoms with E-state index >= 15 is 0 Å². The number of carbonyl (C=O) groups is 4. The Morgan fingerprint density at radius 2 is 1.02 bits per heavy atom. The molecule has 2 bridgehead atoms. The van der Waals surface area contributed by atoms with Crippen molar-refractivity contribution in [3.63, 3.8) is 0 Å². The van der Waals surface area contributed by atoms with Crippen molar-refractivity contribution in [1.82, 2.24) is 0 Å². The Balaban J connectivity index is 0.824. The Bertz CT molecular complexity index is 3650. The summed E-state index contributed by atoms with van der Waals surface area (Å²) in [7, 11) is 0. The molecule has 5 aliphatic carbocycles. The van der Waals surface area contributed by atoms with E-state index in [2.05, 4.69) is 20.8 Å². The highest BCUT2D eigenvalue weighted by atomic mass is 16.8. The van der Waals surface area contributed by atoms with Crippen LogP contribution in [0.5, 0.6) is 0 Å². The van der Waals surface area contributed by atoms with Crippen LogP contribution in [0.1, 0.15) is 137 Å². The van der Waals surface area contributed by atoms with E-state index in [1.165, 1.54) is 26.8 Å². The zero-order chi connectivity index (χ0) is 80.5. The molecule has 15 N–H and O–H groups in total. The van der Waals surface area contributed by atoms with Crippen LogP contribution >= 0.6 is 0 Å². The fourth-order valence-corrected chi connectivity index (χ4v) is 21.9. The van der Waals surface area contributed by atoms with Gasteiger partial charge in [-0.1, -0.05) is 97.0 Å². The lowest BCUT2D eigenvalue weighted by molar-refractivity contribution is -0.412. The number of aliphatic carboxylic acids is 1. The highest BCUT2D eigenvalue weighted by Gasteiger charge is 2.87. The van der Waals surface area contributed by atoms with Gasteiger partial charge in [0.15, 0.2) is 49.9 Å². The minimum Gasteiger partial charge on any atom is -0.479 e. The van der Waals surface area contributed by atoms with Gasteiger partial charge in [0.25, 0.3) is 0 Å². The number of aliphatic hydroxyl groups excluding tert-OH is 14. The molecule has 5 saturated carbocycles. The van der Waals surface area contributed by atoms with E-state index in [0.29, 0.717) is 37.7 Å². The molecule has 0 radical (unpaired) electrons. The number of hydrogen-bond acceptors (Lipinski definition) is 32. The molecule has 33 heteroatoms. The number of rotatable bonds is 19. The van der Waals surface area contributed by atoms with Crippen LogP contribution < -0.4 is 0 Å². The number of carbonyl (C=O) groups excluding carboxylic acids is 3. The number of benzene rings is 2.